The minimum Gasteiger partial charge on any atom is -0.393 e. The molecule has 0 aromatic carbocycles. The Morgan fingerprint density at radius 2 is 1.91 bits per heavy atom. The van der Waals surface area contributed by atoms with Gasteiger partial charge < -0.3 is 10.8 Å². The zero-order valence-corrected chi connectivity index (χ0v) is 14.8. The molecule has 2 rings (SSSR count). The average Bonchev–Trinajstić information content (AvgIpc) is 2.49. The number of amidine groups is 1. The first kappa shape index (κ1) is 17.9. The van der Waals surface area contributed by atoms with Crippen molar-refractivity contribution in [1.82, 2.24) is 0 Å². The maximum atomic E-state index is 9.68. The van der Waals surface area contributed by atoms with Crippen LogP contribution in [0.15, 0.2) is 32.8 Å². The van der Waals surface area contributed by atoms with Crippen molar-refractivity contribution in [2.45, 2.75) is 77.9 Å². The van der Waals surface area contributed by atoms with Crippen LogP contribution < -0.4 is 5.73 Å². The lowest BCUT2D eigenvalue weighted by Crippen LogP contribution is -2.22. The van der Waals surface area contributed by atoms with Gasteiger partial charge in [-0.3, -0.25) is 4.99 Å². The van der Waals surface area contributed by atoms with Crippen LogP contribution in [-0.2, 0) is 0 Å². The lowest BCUT2D eigenvalue weighted by Gasteiger charge is -2.25. The molecule has 1 saturated carbocycles. The van der Waals surface area contributed by atoms with E-state index in [1.165, 1.54) is 29.5 Å². The summed E-state index contributed by atoms with van der Waals surface area (Å²) in [6.07, 6.45) is 10.5. The highest BCUT2D eigenvalue weighted by molar-refractivity contribution is 6.06. The Hall–Kier alpha value is -1.42. The highest BCUT2D eigenvalue weighted by Crippen LogP contribution is 2.32. The summed E-state index contributed by atoms with van der Waals surface area (Å²) >= 11 is 0. The zero-order valence-electron chi connectivity index (χ0n) is 14.8. The standard InChI is InChI=1S/C19H31N3O/c1-13(2)18(15-6-4-5-14(3)11-15)19(21-12-20)22-16-7-9-17(23)10-8-16/h6,12,14,16-17,23H,4-5,7-11H2,1-3H3,(H2,20,21,22)/t14-,16?,17?/m1/s1. The van der Waals surface area contributed by atoms with Gasteiger partial charge in [0.05, 0.1) is 18.5 Å². The third kappa shape index (κ3) is 5.03. The molecule has 4 nitrogen and oxygen atoms in total. The number of hydrogen-bond donors (Lipinski definition) is 2. The molecular weight excluding hydrogens is 286 g/mol. The molecule has 0 aromatic rings. The van der Waals surface area contributed by atoms with E-state index in [-0.39, 0.29) is 12.1 Å². The minimum absolute atomic E-state index is 0.160. The second-order valence-corrected chi connectivity index (χ2v) is 7.18. The molecule has 0 amide bonds. The Morgan fingerprint density at radius 3 is 2.48 bits per heavy atom. The van der Waals surface area contributed by atoms with Crippen molar-refractivity contribution < 1.29 is 5.11 Å². The Kier molecular flexibility index (Phi) is 6.58. The Morgan fingerprint density at radius 1 is 1.22 bits per heavy atom. The fraction of sp³-hybridized carbons (Fsp3) is 0.684. The van der Waals surface area contributed by atoms with Crippen molar-refractivity contribution in [2.75, 3.05) is 0 Å². The molecule has 1 atom stereocenters. The van der Waals surface area contributed by atoms with E-state index in [4.69, 9.17) is 10.7 Å². The van der Waals surface area contributed by atoms with Gasteiger partial charge in [0, 0.05) is 5.57 Å². The van der Waals surface area contributed by atoms with Crippen molar-refractivity contribution in [3.8, 4) is 0 Å². The van der Waals surface area contributed by atoms with Gasteiger partial charge >= 0.3 is 0 Å². The van der Waals surface area contributed by atoms with Gasteiger partial charge in [-0.2, -0.15) is 0 Å². The second-order valence-electron chi connectivity index (χ2n) is 7.18. The zero-order chi connectivity index (χ0) is 16.8. The maximum absolute atomic E-state index is 9.68. The van der Waals surface area contributed by atoms with E-state index in [1.807, 2.05) is 0 Å². The van der Waals surface area contributed by atoms with Gasteiger partial charge in [-0.25, -0.2) is 4.99 Å². The SMILES string of the molecule is CC(C)=C(C1=CCC[C@@H](C)C1)C(N=CN)=NC1CCC(O)CC1. The van der Waals surface area contributed by atoms with Crippen LogP contribution in [-0.4, -0.2) is 29.4 Å². The van der Waals surface area contributed by atoms with Crippen LogP contribution in [0.1, 0.15) is 65.7 Å². The summed E-state index contributed by atoms with van der Waals surface area (Å²) in [7, 11) is 0. The van der Waals surface area contributed by atoms with Crippen LogP contribution >= 0.6 is 0 Å². The Labute approximate surface area is 140 Å². The van der Waals surface area contributed by atoms with E-state index in [1.54, 1.807) is 0 Å². The molecule has 0 aromatic heterocycles. The number of aliphatic hydroxyl groups excluding tert-OH is 1. The minimum atomic E-state index is -0.160. The van der Waals surface area contributed by atoms with Crippen LogP contribution in [0, 0.1) is 5.92 Å². The molecule has 0 aliphatic heterocycles. The molecule has 1 fully saturated rings. The third-order valence-corrected chi connectivity index (χ3v) is 4.83. The van der Waals surface area contributed by atoms with Gasteiger partial charge in [-0.15, -0.1) is 0 Å². The number of aliphatic hydroxyl groups is 1. The molecule has 0 saturated heterocycles. The molecule has 3 N–H and O–H groups in total. The average molecular weight is 317 g/mol. The van der Waals surface area contributed by atoms with Crippen LogP contribution in [0.25, 0.3) is 0 Å². The van der Waals surface area contributed by atoms with Gasteiger partial charge in [-0.05, 0) is 70.3 Å². The molecule has 23 heavy (non-hydrogen) atoms. The summed E-state index contributed by atoms with van der Waals surface area (Å²) in [6.45, 7) is 6.56. The van der Waals surface area contributed by atoms with Crippen LogP contribution in [0.3, 0.4) is 0 Å². The molecule has 4 heteroatoms. The third-order valence-electron chi connectivity index (χ3n) is 4.83. The lowest BCUT2D eigenvalue weighted by atomic mass is 9.84. The van der Waals surface area contributed by atoms with Crippen molar-refractivity contribution in [3.63, 3.8) is 0 Å². The first-order valence-corrected chi connectivity index (χ1v) is 8.88. The number of nitrogens with two attached hydrogens (primary N) is 1. The summed E-state index contributed by atoms with van der Waals surface area (Å²) in [6, 6.07) is 0.244. The molecule has 0 bridgehead atoms. The molecule has 0 heterocycles. The molecule has 0 unspecified atom stereocenters. The van der Waals surface area contributed by atoms with Gasteiger partial charge in [-0.1, -0.05) is 18.6 Å². The predicted octanol–water partition coefficient (Wildman–Crippen LogP) is 3.76. The van der Waals surface area contributed by atoms with Crippen molar-refractivity contribution in [3.05, 3.63) is 22.8 Å². The summed E-state index contributed by atoms with van der Waals surface area (Å²) in [5.41, 5.74) is 9.37. The first-order valence-electron chi connectivity index (χ1n) is 8.88. The van der Waals surface area contributed by atoms with Gasteiger partial charge in [0.25, 0.3) is 0 Å². The van der Waals surface area contributed by atoms with Crippen molar-refractivity contribution in [1.29, 1.82) is 0 Å². The first-order chi connectivity index (χ1) is 11.0. The summed E-state index contributed by atoms with van der Waals surface area (Å²) < 4.78 is 0. The fourth-order valence-corrected chi connectivity index (χ4v) is 3.59. The van der Waals surface area contributed by atoms with Crippen molar-refractivity contribution in [2.24, 2.45) is 21.6 Å². The largest absolute Gasteiger partial charge is 0.393 e. The summed E-state index contributed by atoms with van der Waals surface area (Å²) in [4.78, 5) is 9.31. The van der Waals surface area contributed by atoms with Crippen molar-refractivity contribution >= 4 is 12.2 Å². The van der Waals surface area contributed by atoms with E-state index in [9.17, 15) is 5.11 Å². The summed E-state index contributed by atoms with van der Waals surface area (Å²) in [5, 5.41) is 9.68. The number of allylic oxidation sites excluding steroid dienone is 2. The second kappa shape index (κ2) is 8.44. The predicted molar refractivity (Wildman–Crippen MR) is 97.8 cm³/mol. The Bertz CT molecular complexity index is 519. The monoisotopic (exact) mass is 317 g/mol. The molecule has 2 aliphatic rings. The lowest BCUT2D eigenvalue weighted by molar-refractivity contribution is 0.123. The van der Waals surface area contributed by atoms with E-state index >= 15 is 0 Å². The topological polar surface area (TPSA) is 71.0 Å². The van der Waals surface area contributed by atoms with E-state index < -0.39 is 0 Å². The van der Waals surface area contributed by atoms with Crippen LogP contribution in [0.4, 0.5) is 0 Å². The quantitative estimate of drug-likeness (QED) is 0.614. The van der Waals surface area contributed by atoms with E-state index in [0.717, 1.165) is 44.4 Å². The van der Waals surface area contributed by atoms with Gasteiger partial charge in [0.2, 0.25) is 0 Å². The molecule has 128 valence electrons. The van der Waals surface area contributed by atoms with Crippen LogP contribution in [0.5, 0.6) is 0 Å². The highest BCUT2D eigenvalue weighted by atomic mass is 16.3. The van der Waals surface area contributed by atoms with Crippen LogP contribution in [0.2, 0.25) is 0 Å². The molecule has 0 radical (unpaired) electrons. The fourth-order valence-electron chi connectivity index (χ4n) is 3.59. The number of hydrogen-bond acceptors (Lipinski definition) is 2. The molecule has 0 spiro atoms. The summed E-state index contributed by atoms with van der Waals surface area (Å²) in [5.74, 6) is 1.48. The van der Waals surface area contributed by atoms with E-state index in [0.29, 0.717) is 5.92 Å². The van der Waals surface area contributed by atoms with Gasteiger partial charge in [0.1, 0.15) is 0 Å². The molecular formula is C19H31N3O. The normalized spacial score (nSPS) is 29.5. The Balaban J connectivity index is 2.29. The van der Waals surface area contributed by atoms with Gasteiger partial charge in [0.15, 0.2) is 5.84 Å². The smallest absolute Gasteiger partial charge is 0.156 e. The highest BCUT2D eigenvalue weighted by Gasteiger charge is 2.23. The number of nitrogens with zero attached hydrogens (tertiary/aromatic N) is 2. The van der Waals surface area contributed by atoms with E-state index in [2.05, 4.69) is 31.8 Å². The number of rotatable bonds is 3. The maximum Gasteiger partial charge on any atom is 0.156 e. The molecule has 2 aliphatic carbocycles. The number of aliphatic imine (C=N–C) groups is 2.